The number of aromatic carboxylic acids is 1. The first-order chi connectivity index (χ1) is 15.5. The highest BCUT2D eigenvalue weighted by atomic mass is 32.1. The van der Waals surface area contributed by atoms with Crippen LogP contribution in [-0.4, -0.2) is 59.8 Å². The van der Waals surface area contributed by atoms with Gasteiger partial charge in [0.2, 0.25) is 0 Å². The maximum Gasteiger partial charge on any atom is 0.409 e. The van der Waals surface area contributed by atoms with Gasteiger partial charge in [0, 0.05) is 32.1 Å². The monoisotopic (exact) mass is 449 g/mol. The van der Waals surface area contributed by atoms with Crippen molar-refractivity contribution in [3.05, 3.63) is 70.2 Å². The number of hydrogen-bond acceptors (Lipinski definition) is 6. The van der Waals surface area contributed by atoms with Crippen molar-refractivity contribution in [2.24, 2.45) is 0 Å². The smallest absolute Gasteiger partial charge is 0.409 e. The molecule has 1 amide bonds. The molecular formula is C24H23N3O4S. The van der Waals surface area contributed by atoms with Gasteiger partial charge >= 0.3 is 12.1 Å². The summed E-state index contributed by atoms with van der Waals surface area (Å²) in [5.74, 6) is -0.913. The van der Waals surface area contributed by atoms with Gasteiger partial charge < -0.3 is 19.6 Å². The van der Waals surface area contributed by atoms with Crippen molar-refractivity contribution >= 4 is 28.5 Å². The average Bonchev–Trinajstić information content (AvgIpc) is 3.36. The standard InChI is InChI=1S/C24H23N3O4S/c1-15-21(22(28)29)32-23(25-15)26-10-12-27(13-11-26)24(30)31-14-20-18-8-4-2-6-16(18)17-7-3-5-9-19(17)20/h2-9,20H,10-14H2,1H3,(H,28,29). The minimum absolute atomic E-state index is 0.0420. The fourth-order valence-electron chi connectivity index (χ4n) is 4.48. The Bertz CT molecular complexity index is 1140. The molecule has 3 aromatic rings. The summed E-state index contributed by atoms with van der Waals surface area (Å²) in [7, 11) is 0. The number of nitrogens with zero attached hydrogens (tertiary/aromatic N) is 3. The van der Waals surface area contributed by atoms with Crippen molar-refractivity contribution in [2.75, 3.05) is 37.7 Å². The number of thiazole rings is 1. The highest BCUT2D eigenvalue weighted by Gasteiger charge is 2.31. The van der Waals surface area contributed by atoms with Crippen LogP contribution in [0.5, 0.6) is 0 Å². The van der Waals surface area contributed by atoms with Crippen molar-refractivity contribution in [1.82, 2.24) is 9.88 Å². The molecule has 1 N–H and O–H groups in total. The van der Waals surface area contributed by atoms with E-state index < -0.39 is 5.97 Å². The molecule has 0 saturated carbocycles. The molecular weight excluding hydrogens is 426 g/mol. The van der Waals surface area contributed by atoms with Crippen LogP contribution in [-0.2, 0) is 4.74 Å². The molecule has 1 saturated heterocycles. The van der Waals surface area contributed by atoms with Crippen molar-refractivity contribution in [3.63, 3.8) is 0 Å². The van der Waals surface area contributed by atoms with E-state index in [0.29, 0.717) is 43.6 Å². The second kappa shape index (κ2) is 8.27. The predicted octanol–water partition coefficient (Wildman–Crippen LogP) is 4.22. The van der Waals surface area contributed by atoms with Crippen molar-refractivity contribution < 1.29 is 19.4 Å². The van der Waals surface area contributed by atoms with Gasteiger partial charge in [0.25, 0.3) is 0 Å². The SMILES string of the molecule is Cc1nc(N2CCN(C(=O)OCC3c4ccccc4-c4ccccc43)CC2)sc1C(=O)O. The molecule has 1 aliphatic carbocycles. The lowest BCUT2D eigenvalue weighted by atomic mass is 9.98. The first-order valence-electron chi connectivity index (χ1n) is 10.6. The van der Waals surface area contributed by atoms with Crippen LogP contribution in [0, 0.1) is 6.92 Å². The number of hydrogen-bond donors (Lipinski definition) is 1. The number of fused-ring (bicyclic) bond motifs is 3. The van der Waals surface area contributed by atoms with Crippen LogP contribution in [0.3, 0.4) is 0 Å². The van der Waals surface area contributed by atoms with Crippen LogP contribution in [0.1, 0.15) is 32.4 Å². The van der Waals surface area contributed by atoms with Crippen molar-refractivity contribution in [1.29, 1.82) is 0 Å². The lowest BCUT2D eigenvalue weighted by Gasteiger charge is -2.34. The first-order valence-corrected chi connectivity index (χ1v) is 11.4. The van der Waals surface area contributed by atoms with E-state index in [4.69, 9.17) is 4.74 Å². The molecule has 0 unspecified atom stereocenters. The molecule has 2 aliphatic rings. The summed E-state index contributed by atoms with van der Waals surface area (Å²) >= 11 is 1.18. The van der Waals surface area contributed by atoms with E-state index >= 15 is 0 Å². The van der Waals surface area contributed by atoms with E-state index in [9.17, 15) is 14.7 Å². The number of piperazine rings is 1. The highest BCUT2D eigenvalue weighted by molar-refractivity contribution is 7.17. The second-order valence-corrected chi connectivity index (χ2v) is 8.97. The average molecular weight is 450 g/mol. The third-order valence-electron chi connectivity index (χ3n) is 6.12. The maximum atomic E-state index is 12.8. The summed E-state index contributed by atoms with van der Waals surface area (Å²) in [6, 6.07) is 16.6. The Morgan fingerprint density at radius 3 is 2.19 bits per heavy atom. The number of amides is 1. The summed E-state index contributed by atoms with van der Waals surface area (Å²) in [5, 5.41) is 9.93. The molecule has 32 heavy (non-hydrogen) atoms. The van der Waals surface area contributed by atoms with Crippen molar-refractivity contribution in [3.8, 4) is 11.1 Å². The first kappa shape index (κ1) is 20.5. The zero-order valence-electron chi connectivity index (χ0n) is 17.7. The number of carbonyl (C=O) groups excluding carboxylic acids is 1. The molecule has 0 spiro atoms. The van der Waals surface area contributed by atoms with E-state index in [2.05, 4.69) is 29.2 Å². The topological polar surface area (TPSA) is 83.0 Å². The number of carboxylic acids is 1. The molecule has 0 radical (unpaired) electrons. The van der Waals surface area contributed by atoms with Gasteiger partial charge in [0.05, 0.1) is 5.69 Å². The van der Waals surface area contributed by atoms with Crippen molar-refractivity contribution in [2.45, 2.75) is 12.8 Å². The summed E-state index contributed by atoms with van der Waals surface area (Å²) in [6.07, 6.45) is -0.312. The molecule has 164 valence electrons. The number of rotatable bonds is 4. The van der Waals surface area contributed by atoms with E-state index in [1.807, 2.05) is 29.2 Å². The summed E-state index contributed by atoms with van der Waals surface area (Å²) in [4.78, 5) is 32.4. The Morgan fingerprint density at radius 1 is 1.03 bits per heavy atom. The zero-order chi connectivity index (χ0) is 22.2. The van der Waals surface area contributed by atoms with Crippen LogP contribution in [0.25, 0.3) is 11.1 Å². The largest absolute Gasteiger partial charge is 0.477 e. The van der Waals surface area contributed by atoms with E-state index in [1.165, 1.54) is 33.6 Å². The Kier molecular flexibility index (Phi) is 5.30. The molecule has 0 bridgehead atoms. The zero-order valence-corrected chi connectivity index (χ0v) is 18.5. The molecule has 7 nitrogen and oxygen atoms in total. The Labute approximate surface area is 189 Å². The lowest BCUT2D eigenvalue weighted by molar-refractivity contribution is 0.0701. The van der Waals surface area contributed by atoms with Gasteiger partial charge in [-0.3, -0.25) is 0 Å². The molecule has 2 heterocycles. The van der Waals surface area contributed by atoms with E-state index in [1.54, 1.807) is 11.8 Å². The van der Waals surface area contributed by atoms with Gasteiger partial charge in [-0.2, -0.15) is 0 Å². The predicted molar refractivity (Wildman–Crippen MR) is 123 cm³/mol. The lowest BCUT2D eigenvalue weighted by Crippen LogP contribution is -2.49. The number of benzene rings is 2. The Morgan fingerprint density at radius 2 is 1.62 bits per heavy atom. The normalized spacial score (nSPS) is 15.4. The van der Waals surface area contributed by atoms with Gasteiger partial charge in [-0.1, -0.05) is 59.9 Å². The third kappa shape index (κ3) is 3.60. The number of aryl methyl sites for hydroxylation is 1. The summed E-state index contributed by atoms with van der Waals surface area (Å²) in [6.45, 7) is 4.22. The fourth-order valence-corrected chi connectivity index (χ4v) is 5.44. The van der Waals surface area contributed by atoms with Crippen LogP contribution in [0.15, 0.2) is 48.5 Å². The Balaban J connectivity index is 1.21. The number of aromatic nitrogens is 1. The third-order valence-corrected chi connectivity index (χ3v) is 7.33. The van der Waals surface area contributed by atoms with Crippen LogP contribution in [0.2, 0.25) is 0 Å². The maximum absolute atomic E-state index is 12.8. The van der Waals surface area contributed by atoms with Gasteiger partial charge in [-0.05, 0) is 29.2 Å². The van der Waals surface area contributed by atoms with Gasteiger partial charge in [-0.15, -0.1) is 0 Å². The van der Waals surface area contributed by atoms with Crippen LogP contribution in [0.4, 0.5) is 9.93 Å². The van der Waals surface area contributed by atoms with Crippen LogP contribution >= 0.6 is 11.3 Å². The van der Waals surface area contributed by atoms with Gasteiger partial charge in [0.1, 0.15) is 11.5 Å². The number of carbonyl (C=O) groups is 2. The van der Waals surface area contributed by atoms with Gasteiger partial charge in [0.15, 0.2) is 5.13 Å². The van der Waals surface area contributed by atoms with Gasteiger partial charge in [-0.25, -0.2) is 14.6 Å². The Hall–Kier alpha value is -3.39. The summed E-state index contributed by atoms with van der Waals surface area (Å²) < 4.78 is 5.75. The van der Waals surface area contributed by atoms with E-state index in [0.717, 1.165) is 0 Å². The van der Waals surface area contributed by atoms with E-state index in [-0.39, 0.29) is 16.9 Å². The number of anilines is 1. The quantitative estimate of drug-likeness (QED) is 0.642. The molecule has 0 atom stereocenters. The minimum Gasteiger partial charge on any atom is -0.477 e. The number of carboxylic acid groups (broad SMARTS) is 1. The summed E-state index contributed by atoms with van der Waals surface area (Å²) in [5.41, 5.74) is 5.32. The number of ether oxygens (including phenoxy) is 1. The molecule has 2 aromatic carbocycles. The molecule has 8 heteroatoms. The molecule has 1 aliphatic heterocycles. The second-order valence-electron chi connectivity index (χ2n) is 7.99. The molecule has 1 fully saturated rings. The highest BCUT2D eigenvalue weighted by Crippen LogP contribution is 2.44. The minimum atomic E-state index is -0.955. The molecule has 5 rings (SSSR count). The molecule has 1 aromatic heterocycles. The fraction of sp³-hybridized carbons (Fsp3) is 0.292. The van der Waals surface area contributed by atoms with Crippen LogP contribution < -0.4 is 4.90 Å².